The van der Waals surface area contributed by atoms with Crippen LogP contribution in [0, 0.1) is 0 Å². The van der Waals surface area contributed by atoms with Crippen LogP contribution in [-0.4, -0.2) is 39.9 Å². The van der Waals surface area contributed by atoms with Crippen LogP contribution in [0.5, 0.6) is 0 Å². The smallest absolute Gasteiger partial charge is 0.246 e. The van der Waals surface area contributed by atoms with Crippen LogP contribution in [0.2, 0.25) is 0 Å². The van der Waals surface area contributed by atoms with Crippen LogP contribution >= 0.6 is 0 Å². The number of hydrazine groups is 1. The van der Waals surface area contributed by atoms with E-state index in [0.29, 0.717) is 0 Å². The second-order valence-corrected chi connectivity index (χ2v) is 2.76. The molecule has 0 aliphatic carbocycles. The van der Waals surface area contributed by atoms with Gasteiger partial charge in [-0.2, -0.15) is 0 Å². The van der Waals surface area contributed by atoms with Crippen molar-refractivity contribution in [2.75, 3.05) is 26.2 Å². The second-order valence-electron chi connectivity index (χ2n) is 2.08. The Morgan fingerprint density at radius 1 is 1.50 bits per heavy atom. The maximum atomic E-state index is 10.2. The molecule has 1 aliphatic heterocycles. The number of piperazine rings is 1. The molecule has 10 heavy (non-hydrogen) atoms. The third kappa shape index (κ3) is 2.72. The van der Waals surface area contributed by atoms with Crippen LogP contribution in [0.4, 0.5) is 0 Å². The van der Waals surface area contributed by atoms with Gasteiger partial charge in [-0.15, -0.1) is 4.83 Å². The molecule has 1 atom stereocenters. The highest BCUT2D eigenvalue weighted by Gasteiger charge is 2.09. The van der Waals surface area contributed by atoms with Gasteiger partial charge in [0.15, 0.2) is 0 Å². The van der Waals surface area contributed by atoms with Crippen LogP contribution < -0.4 is 10.1 Å². The lowest BCUT2D eigenvalue weighted by Gasteiger charge is -2.25. The average Bonchev–Trinajstić information content (AvgIpc) is 1.88. The first kappa shape index (κ1) is 8.09. The zero-order chi connectivity index (χ0) is 7.40. The van der Waals surface area contributed by atoms with Gasteiger partial charge in [0.25, 0.3) is 0 Å². The molecule has 60 valence electrons. The van der Waals surface area contributed by atoms with Gasteiger partial charge < -0.3 is 5.32 Å². The largest absolute Gasteiger partial charge is 0.314 e. The first-order valence-corrected chi connectivity index (χ1v) is 4.22. The first-order chi connectivity index (χ1) is 4.79. The van der Waals surface area contributed by atoms with Crippen molar-refractivity contribution in [2.45, 2.75) is 0 Å². The highest BCUT2D eigenvalue weighted by atomic mass is 32.2. The third-order valence-corrected chi connectivity index (χ3v) is 1.74. The minimum atomic E-state index is -1.91. The van der Waals surface area contributed by atoms with E-state index in [0.717, 1.165) is 26.2 Å². The molecule has 1 heterocycles. The minimum absolute atomic E-state index is 0.770. The van der Waals surface area contributed by atoms with Crippen LogP contribution in [0.1, 0.15) is 0 Å². The summed E-state index contributed by atoms with van der Waals surface area (Å²) in [7, 11) is 0. The molecule has 0 aromatic rings. The van der Waals surface area contributed by atoms with E-state index in [1.54, 1.807) is 5.01 Å². The van der Waals surface area contributed by atoms with E-state index in [4.69, 9.17) is 4.55 Å². The summed E-state index contributed by atoms with van der Waals surface area (Å²) in [6.07, 6.45) is 0. The van der Waals surface area contributed by atoms with E-state index in [-0.39, 0.29) is 0 Å². The minimum Gasteiger partial charge on any atom is -0.314 e. The SMILES string of the molecule is O=S(O)NN1CCNCC1. The maximum Gasteiger partial charge on any atom is 0.246 e. The summed E-state index contributed by atoms with van der Waals surface area (Å²) >= 11 is -1.91. The molecule has 6 heteroatoms. The Morgan fingerprint density at radius 2 is 2.10 bits per heavy atom. The summed E-state index contributed by atoms with van der Waals surface area (Å²) in [6, 6.07) is 0. The molecule has 1 fully saturated rings. The number of hydrogen-bond donors (Lipinski definition) is 3. The zero-order valence-electron chi connectivity index (χ0n) is 5.54. The van der Waals surface area contributed by atoms with E-state index >= 15 is 0 Å². The van der Waals surface area contributed by atoms with E-state index in [1.807, 2.05) is 0 Å². The lowest BCUT2D eigenvalue weighted by Crippen LogP contribution is -2.50. The van der Waals surface area contributed by atoms with Crippen molar-refractivity contribution in [3.05, 3.63) is 0 Å². The summed E-state index contributed by atoms with van der Waals surface area (Å²) in [5, 5.41) is 4.85. The second kappa shape index (κ2) is 3.99. The van der Waals surface area contributed by atoms with Gasteiger partial charge in [0, 0.05) is 26.2 Å². The normalized spacial score (nSPS) is 24.5. The number of nitrogens with one attached hydrogen (secondary N) is 2. The fourth-order valence-corrected chi connectivity index (χ4v) is 1.27. The van der Waals surface area contributed by atoms with Crippen molar-refractivity contribution in [3.63, 3.8) is 0 Å². The molecule has 0 spiro atoms. The number of nitrogens with zero attached hydrogens (tertiary/aromatic N) is 1. The molecule has 0 radical (unpaired) electrons. The molecular formula is C4H11N3O2S. The predicted octanol–water partition coefficient (Wildman–Crippen LogP) is -1.47. The summed E-state index contributed by atoms with van der Waals surface area (Å²) in [5.41, 5.74) is 0. The predicted molar refractivity (Wildman–Crippen MR) is 38.3 cm³/mol. The molecule has 0 amide bonds. The molecule has 1 rings (SSSR count). The summed E-state index contributed by atoms with van der Waals surface area (Å²) in [4.78, 5) is 2.40. The molecule has 1 unspecified atom stereocenters. The van der Waals surface area contributed by atoms with Crippen LogP contribution in [0.3, 0.4) is 0 Å². The van der Waals surface area contributed by atoms with Crippen LogP contribution in [-0.2, 0) is 11.3 Å². The van der Waals surface area contributed by atoms with Gasteiger partial charge in [-0.25, -0.2) is 9.22 Å². The standard InChI is InChI=1S/C4H11N3O2S/c8-10(9)6-7-3-1-5-2-4-7/h5-6H,1-4H2,(H,8,9). The highest BCUT2D eigenvalue weighted by Crippen LogP contribution is 1.86. The van der Waals surface area contributed by atoms with Gasteiger partial charge >= 0.3 is 0 Å². The zero-order valence-corrected chi connectivity index (χ0v) is 6.36. The van der Waals surface area contributed by atoms with E-state index in [9.17, 15) is 4.21 Å². The Kier molecular flexibility index (Phi) is 3.23. The molecule has 5 nitrogen and oxygen atoms in total. The van der Waals surface area contributed by atoms with Crippen molar-refractivity contribution in [1.29, 1.82) is 0 Å². The van der Waals surface area contributed by atoms with Crippen LogP contribution in [0.15, 0.2) is 0 Å². The summed E-state index contributed by atoms with van der Waals surface area (Å²) < 4.78 is 18.6. The Bertz CT molecular complexity index is 126. The van der Waals surface area contributed by atoms with Crippen molar-refractivity contribution < 1.29 is 8.76 Å². The molecule has 0 aromatic heterocycles. The van der Waals surface area contributed by atoms with Gasteiger partial charge in [0.2, 0.25) is 11.3 Å². The maximum absolute atomic E-state index is 10.2. The van der Waals surface area contributed by atoms with Gasteiger partial charge in [0.05, 0.1) is 0 Å². The molecule has 3 N–H and O–H groups in total. The van der Waals surface area contributed by atoms with Crippen molar-refractivity contribution in [3.8, 4) is 0 Å². The van der Waals surface area contributed by atoms with Gasteiger partial charge in [-0.1, -0.05) is 0 Å². The van der Waals surface area contributed by atoms with E-state index in [1.165, 1.54) is 0 Å². The van der Waals surface area contributed by atoms with Crippen molar-refractivity contribution >= 4 is 11.3 Å². The number of rotatable bonds is 2. The molecular weight excluding hydrogens is 154 g/mol. The molecule has 0 saturated carbocycles. The Labute approximate surface area is 62.2 Å². The van der Waals surface area contributed by atoms with Crippen LogP contribution in [0.25, 0.3) is 0 Å². The lowest BCUT2D eigenvalue weighted by atomic mass is 10.4. The van der Waals surface area contributed by atoms with Gasteiger partial charge in [0.1, 0.15) is 0 Å². The molecule has 0 aromatic carbocycles. The third-order valence-electron chi connectivity index (χ3n) is 1.32. The Balaban J connectivity index is 2.19. The summed E-state index contributed by atoms with van der Waals surface area (Å²) in [6.45, 7) is 3.27. The van der Waals surface area contributed by atoms with Crippen molar-refractivity contribution in [2.24, 2.45) is 0 Å². The lowest BCUT2D eigenvalue weighted by molar-refractivity contribution is 0.210. The first-order valence-electron chi connectivity index (χ1n) is 3.12. The van der Waals surface area contributed by atoms with E-state index in [2.05, 4.69) is 10.1 Å². The Hall–Kier alpha value is -0.0100. The van der Waals surface area contributed by atoms with Gasteiger partial charge in [-0.05, 0) is 0 Å². The molecule has 1 saturated heterocycles. The quantitative estimate of drug-likeness (QED) is 0.437. The number of hydrogen-bond acceptors (Lipinski definition) is 3. The van der Waals surface area contributed by atoms with Gasteiger partial charge in [-0.3, -0.25) is 4.55 Å². The highest BCUT2D eigenvalue weighted by molar-refractivity contribution is 7.77. The monoisotopic (exact) mass is 165 g/mol. The fraction of sp³-hybridized carbons (Fsp3) is 1.00. The average molecular weight is 165 g/mol. The van der Waals surface area contributed by atoms with E-state index < -0.39 is 11.3 Å². The summed E-state index contributed by atoms with van der Waals surface area (Å²) in [5.74, 6) is 0. The molecule has 1 aliphatic rings. The fourth-order valence-electron chi connectivity index (χ4n) is 0.867. The van der Waals surface area contributed by atoms with Crippen molar-refractivity contribution in [1.82, 2.24) is 15.2 Å². The molecule has 0 bridgehead atoms. The Morgan fingerprint density at radius 3 is 2.60 bits per heavy atom. The topological polar surface area (TPSA) is 64.6 Å².